The molecular weight excluding hydrogens is 466 g/mol. The van der Waals surface area contributed by atoms with Gasteiger partial charge in [0.05, 0.1) is 17.5 Å². The molecule has 3 aromatic carbocycles. The van der Waals surface area contributed by atoms with Crippen molar-refractivity contribution in [1.82, 2.24) is 9.80 Å². The molecule has 2 saturated heterocycles. The van der Waals surface area contributed by atoms with E-state index in [1.54, 1.807) is 6.07 Å². The van der Waals surface area contributed by atoms with Crippen LogP contribution in [0.1, 0.15) is 30.0 Å². The van der Waals surface area contributed by atoms with E-state index in [0.29, 0.717) is 12.2 Å². The third-order valence-corrected chi connectivity index (χ3v) is 7.30. The van der Waals surface area contributed by atoms with Crippen molar-refractivity contribution in [2.45, 2.75) is 18.9 Å². The molecule has 3 aromatic rings. The Morgan fingerprint density at radius 3 is 2.00 bits per heavy atom. The minimum atomic E-state index is -0.332. The van der Waals surface area contributed by atoms with Crippen LogP contribution in [0.15, 0.2) is 78.9 Å². The van der Waals surface area contributed by atoms with Crippen molar-refractivity contribution in [3.63, 3.8) is 0 Å². The van der Waals surface area contributed by atoms with Gasteiger partial charge in [0.2, 0.25) is 5.91 Å². The monoisotopic (exact) mass is 499 g/mol. The summed E-state index contributed by atoms with van der Waals surface area (Å²) in [4.78, 5) is 30.6. The highest BCUT2D eigenvalue weighted by molar-refractivity contribution is 5.78. The summed E-state index contributed by atoms with van der Waals surface area (Å²) in [6, 6.07) is 25.0. The number of nitrogens with zero attached hydrogens (tertiary/aromatic N) is 4. The Kier molecular flexibility index (Phi) is 7.65. The fourth-order valence-corrected chi connectivity index (χ4v) is 5.22. The van der Waals surface area contributed by atoms with Gasteiger partial charge in [0.1, 0.15) is 5.69 Å². The van der Waals surface area contributed by atoms with Gasteiger partial charge < -0.3 is 15.1 Å². The van der Waals surface area contributed by atoms with Gasteiger partial charge in [-0.1, -0.05) is 60.7 Å². The molecule has 0 spiro atoms. The predicted molar refractivity (Wildman–Crippen MR) is 146 cm³/mol. The van der Waals surface area contributed by atoms with Crippen LogP contribution < -0.4 is 10.2 Å². The van der Waals surface area contributed by atoms with E-state index in [1.807, 2.05) is 77.7 Å². The van der Waals surface area contributed by atoms with Crippen molar-refractivity contribution in [3.05, 3.63) is 100 Å². The summed E-state index contributed by atoms with van der Waals surface area (Å²) in [6.07, 6.45) is 2.21. The third-order valence-electron chi connectivity index (χ3n) is 7.30. The van der Waals surface area contributed by atoms with Gasteiger partial charge in [0.25, 0.3) is 5.69 Å². The summed E-state index contributed by atoms with van der Waals surface area (Å²) in [5, 5.41) is 15.4. The van der Waals surface area contributed by atoms with Crippen LogP contribution >= 0.6 is 0 Å². The number of nitro groups is 1. The smallest absolute Gasteiger partial charge is 0.292 e. The van der Waals surface area contributed by atoms with Crippen molar-refractivity contribution in [2.24, 2.45) is 0 Å². The fourth-order valence-electron chi connectivity index (χ4n) is 5.22. The number of hydrogen-bond acceptors (Lipinski definition) is 6. The van der Waals surface area contributed by atoms with Gasteiger partial charge in [-0.3, -0.25) is 19.8 Å². The lowest BCUT2D eigenvalue weighted by Gasteiger charge is -2.36. The number of amides is 1. The highest BCUT2D eigenvalue weighted by Crippen LogP contribution is 2.35. The predicted octanol–water partition coefficient (Wildman–Crippen LogP) is 4.54. The first-order valence-electron chi connectivity index (χ1n) is 13.0. The Morgan fingerprint density at radius 1 is 0.838 bits per heavy atom. The maximum atomic E-state index is 12.5. The number of anilines is 2. The highest BCUT2D eigenvalue weighted by atomic mass is 16.6. The average molecular weight is 500 g/mol. The summed E-state index contributed by atoms with van der Waals surface area (Å²) in [5.41, 5.74) is 3.55. The SMILES string of the molecule is O=C(CN1CCN(c2ccc([N+](=O)[O-])c(NC(c3ccccc3)c3ccccc3)c2)CC1)N1CCCC1. The van der Waals surface area contributed by atoms with Gasteiger partial charge in [-0.25, -0.2) is 0 Å². The quantitative estimate of drug-likeness (QED) is 0.362. The van der Waals surface area contributed by atoms with E-state index < -0.39 is 0 Å². The molecule has 37 heavy (non-hydrogen) atoms. The summed E-state index contributed by atoms with van der Waals surface area (Å²) in [5.74, 6) is 0.223. The molecule has 2 fully saturated rings. The topological polar surface area (TPSA) is 82.0 Å². The summed E-state index contributed by atoms with van der Waals surface area (Å²) in [7, 11) is 0. The number of nitrogens with one attached hydrogen (secondary N) is 1. The van der Waals surface area contributed by atoms with E-state index in [2.05, 4.69) is 15.1 Å². The Bertz CT molecular complexity index is 1170. The standard InChI is InChI=1S/C29H33N5O3/c35-28(33-15-7-8-16-33)22-31-17-19-32(20-18-31)25-13-14-27(34(36)37)26(21-25)30-29(23-9-3-1-4-10-23)24-11-5-2-6-12-24/h1-6,9-14,21,29-30H,7-8,15-20,22H2. The second kappa shape index (κ2) is 11.4. The first-order valence-corrected chi connectivity index (χ1v) is 13.0. The molecule has 8 heteroatoms. The number of benzene rings is 3. The van der Waals surface area contributed by atoms with E-state index in [4.69, 9.17) is 0 Å². The molecule has 0 atom stereocenters. The number of carbonyl (C=O) groups excluding carboxylic acids is 1. The zero-order valence-corrected chi connectivity index (χ0v) is 21.0. The zero-order valence-electron chi connectivity index (χ0n) is 21.0. The van der Waals surface area contributed by atoms with Gasteiger partial charge in [0, 0.05) is 51.0 Å². The van der Waals surface area contributed by atoms with Crippen molar-refractivity contribution in [1.29, 1.82) is 0 Å². The van der Waals surface area contributed by atoms with Crippen LogP contribution in [0.2, 0.25) is 0 Å². The molecule has 2 aliphatic rings. The zero-order chi connectivity index (χ0) is 25.6. The summed E-state index contributed by atoms with van der Waals surface area (Å²) < 4.78 is 0. The van der Waals surface area contributed by atoms with Crippen molar-refractivity contribution >= 4 is 23.0 Å². The maximum absolute atomic E-state index is 12.5. The second-order valence-corrected chi connectivity index (χ2v) is 9.71. The third kappa shape index (κ3) is 5.91. The van der Waals surface area contributed by atoms with Gasteiger partial charge in [0.15, 0.2) is 0 Å². The number of likely N-dealkylation sites (tertiary alicyclic amines) is 1. The van der Waals surface area contributed by atoms with Gasteiger partial charge >= 0.3 is 0 Å². The van der Waals surface area contributed by atoms with Crippen LogP contribution in [-0.2, 0) is 4.79 Å². The van der Waals surface area contributed by atoms with Crippen molar-refractivity contribution < 1.29 is 9.72 Å². The molecule has 2 heterocycles. The first-order chi connectivity index (χ1) is 18.1. The molecule has 1 amide bonds. The maximum Gasteiger partial charge on any atom is 0.292 e. The van der Waals surface area contributed by atoms with Gasteiger partial charge in [-0.05, 0) is 36.1 Å². The lowest BCUT2D eigenvalue weighted by atomic mass is 9.98. The Morgan fingerprint density at radius 2 is 1.43 bits per heavy atom. The van der Waals surface area contributed by atoms with Crippen LogP contribution in [0.4, 0.5) is 17.1 Å². The van der Waals surface area contributed by atoms with E-state index >= 15 is 0 Å². The molecule has 192 valence electrons. The van der Waals surface area contributed by atoms with E-state index in [9.17, 15) is 14.9 Å². The summed E-state index contributed by atoms with van der Waals surface area (Å²) >= 11 is 0. The largest absolute Gasteiger partial charge is 0.369 e. The molecule has 0 saturated carbocycles. The molecule has 0 unspecified atom stereocenters. The molecule has 0 radical (unpaired) electrons. The van der Waals surface area contributed by atoms with Crippen LogP contribution in [0.25, 0.3) is 0 Å². The van der Waals surface area contributed by atoms with Crippen LogP contribution in [0.5, 0.6) is 0 Å². The van der Waals surface area contributed by atoms with Crippen molar-refractivity contribution in [2.75, 3.05) is 56.0 Å². The van der Waals surface area contributed by atoms with Crippen LogP contribution in [0, 0.1) is 10.1 Å². The summed E-state index contributed by atoms with van der Waals surface area (Å²) in [6.45, 7) is 5.34. The minimum absolute atomic E-state index is 0.0514. The molecule has 1 N–H and O–H groups in total. The molecule has 0 bridgehead atoms. The Balaban J connectivity index is 1.33. The normalized spacial score (nSPS) is 16.2. The average Bonchev–Trinajstić information content (AvgIpc) is 3.48. The van der Waals surface area contributed by atoms with Crippen LogP contribution in [-0.4, -0.2) is 66.4 Å². The molecule has 0 aromatic heterocycles. The number of nitro benzene ring substituents is 1. The number of carbonyl (C=O) groups is 1. The fraction of sp³-hybridized carbons (Fsp3) is 0.345. The molecule has 2 aliphatic heterocycles. The van der Waals surface area contributed by atoms with Crippen LogP contribution in [0.3, 0.4) is 0 Å². The second-order valence-electron chi connectivity index (χ2n) is 9.71. The molecule has 0 aliphatic carbocycles. The first kappa shape index (κ1) is 24.8. The Labute approximate surface area is 217 Å². The minimum Gasteiger partial charge on any atom is -0.369 e. The van der Waals surface area contributed by atoms with Crippen molar-refractivity contribution in [3.8, 4) is 0 Å². The number of rotatable bonds is 8. The lowest BCUT2D eigenvalue weighted by Crippen LogP contribution is -2.49. The van der Waals surface area contributed by atoms with E-state index in [1.165, 1.54) is 0 Å². The number of hydrogen-bond donors (Lipinski definition) is 1. The molecular formula is C29H33N5O3. The van der Waals surface area contributed by atoms with E-state index in [-0.39, 0.29) is 22.6 Å². The van der Waals surface area contributed by atoms with Gasteiger partial charge in [-0.15, -0.1) is 0 Å². The Hall–Kier alpha value is -3.91. The van der Waals surface area contributed by atoms with Gasteiger partial charge in [-0.2, -0.15) is 0 Å². The highest BCUT2D eigenvalue weighted by Gasteiger charge is 2.25. The molecule has 8 nitrogen and oxygen atoms in total. The number of piperazine rings is 1. The van der Waals surface area contributed by atoms with E-state index in [0.717, 1.165) is 68.9 Å². The molecule has 5 rings (SSSR count). The lowest BCUT2D eigenvalue weighted by molar-refractivity contribution is -0.384.